The van der Waals surface area contributed by atoms with Crippen molar-refractivity contribution in [3.05, 3.63) is 0 Å². The molecule has 4 amide bonds. The van der Waals surface area contributed by atoms with Gasteiger partial charge in [0, 0.05) is 13.1 Å². The molecule has 7 nitrogen and oxygen atoms in total. The van der Waals surface area contributed by atoms with Gasteiger partial charge < -0.3 is 16.4 Å². The summed E-state index contributed by atoms with van der Waals surface area (Å²) >= 11 is 0. The van der Waals surface area contributed by atoms with Crippen LogP contribution in [0.15, 0.2) is 0 Å². The molecule has 0 aromatic heterocycles. The van der Waals surface area contributed by atoms with Gasteiger partial charge >= 0.3 is 6.03 Å². The van der Waals surface area contributed by atoms with Gasteiger partial charge in [0.2, 0.25) is 5.91 Å². The monoisotopic (exact) mass is 296 g/mol. The van der Waals surface area contributed by atoms with Crippen molar-refractivity contribution in [3.63, 3.8) is 0 Å². The number of amides is 4. The molecule has 0 unspecified atom stereocenters. The first-order valence-electron chi connectivity index (χ1n) is 7.63. The van der Waals surface area contributed by atoms with E-state index in [2.05, 4.69) is 17.6 Å². The zero-order valence-corrected chi connectivity index (χ0v) is 12.5. The van der Waals surface area contributed by atoms with Crippen molar-refractivity contribution in [3.8, 4) is 0 Å². The third-order valence-electron chi connectivity index (χ3n) is 4.55. The van der Waals surface area contributed by atoms with Crippen molar-refractivity contribution in [2.75, 3.05) is 19.6 Å². The van der Waals surface area contributed by atoms with Gasteiger partial charge in [-0.2, -0.15) is 0 Å². The molecule has 0 bridgehead atoms. The van der Waals surface area contributed by atoms with E-state index in [1.807, 2.05) is 0 Å². The van der Waals surface area contributed by atoms with E-state index in [0.29, 0.717) is 31.8 Å². The van der Waals surface area contributed by atoms with Crippen LogP contribution in [-0.4, -0.2) is 47.9 Å². The number of rotatable bonds is 5. The van der Waals surface area contributed by atoms with Crippen LogP contribution >= 0.6 is 0 Å². The molecule has 21 heavy (non-hydrogen) atoms. The number of imide groups is 1. The van der Waals surface area contributed by atoms with Gasteiger partial charge in [0.1, 0.15) is 12.1 Å². The second kappa shape index (κ2) is 6.43. The first-order chi connectivity index (χ1) is 10.0. The van der Waals surface area contributed by atoms with Crippen LogP contribution in [0.25, 0.3) is 0 Å². The lowest BCUT2D eigenvalue weighted by molar-refractivity contribution is -0.136. The lowest BCUT2D eigenvalue weighted by atomic mass is 9.75. The molecular formula is C14H24N4O3. The van der Waals surface area contributed by atoms with Crippen LogP contribution in [0.1, 0.15) is 39.0 Å². The van der Waals surface area contributed by atoms with E-state index < -0.39 is 11.6 Å². The number of nitrogens with two attached hydrogens (primary N) is 1. The number of carbonyl (C=O) groups excluding carboxylic acids is 3. The summed E-state index contributed by atoms with van der Waals surface area (Å²) in [6, 6.07) is -0.460. The maximum absolute atomic E-state index is 12.5. The molecule has 0 atom stereocenters. The van der Waals surface area contributed by atoms with Crippen LogP contribution in [0.2, 0.25) is 0 Å². The molecule has 1 saturated carbocycles. The third-order valence-corrected chi connectivity index (χ3v) is 4.55. The largest absolute Gasteiger partial charge is 0.353 e. The summed E-state index contributed by atoms with van der Waals surface area (Å²) < 4.78 is 0. The molecule has 1 aliphatic carbocycles. The van der Waals surface area contributed by atoms with Crippen LogP contribution in [0.4, 0.5) is 4.79 Å². The lowest BCUT2D eigenvalue weighted by Gasteiger charge is -2.34. The van der Waals surface area contributed by atoms with Crippen molar-refractivity contribution in [1.29, 1.82) is 0 Å². The van der Waals surface area contributed by atoms with Gasteiger partial charge in [-0.25, -0.2) is 4.79 Å². The van der Waals surface area contributed by atoms with Crippen molar-refractivity contribution in [2.24, 2.45) is 11.7 Å². The molecule has 4 N–H and O–H groups in total. The average Bonchev–Trinajstić information content (AvgIpc) is 2.70. The van der Waals surface area contributed by atoms with Crippen molar-refractivity contribution in [2.45, 2.75) is 44.6 Å². The van der Waals surface area contributed by atoms with E-state index in [4.69, 9.17) is 5.73 Å². The fraction of sp³-hybridized carbons (Fsp3) is 0.786. The molecule has 2 rings (SSSR count). The highest BCUT2D eigenvalue weighted by molar-refractivity contribution is 6.09. The highest BCUT2D eigenvalue weighted by atomic mass is 16.2. The number of carbonyl (C=O) groups is 3. The fourth-order valence-corrected chi connectivity index (χ4v) is 3.15. The summed E-state index contributed by atoms with van der Waals surface area (Å²) in [6.07, 6.45) is 4.31. The van der Waals surface area contributed by atoms with Crippen LogP contribution in [0, 0.1) is 5.92 Å². The van der Waals surface area contributed by atoms with E-state index in [0.717, 1.165) is 24.2 Å². The van der Waals surface area contributed by atoms with Crippen LogP contribution in [0.3, 0.4) is 0 Å². The topological polar surface area (TPSA) is 105 Å². The fourth-order valence-electron chi connectivity index (χ4n) is 3.15. The smallest absolute Gasteiger partial charge is 0.325 e. The van der Waals surface area contributed by atoms with Gasteiger partial charge in [0.15, 0.2) is 0 Å². The lowest BCUT2D eigenvalue weighted by Crippen LogP contribution is -2.50. The Morgan fingerprint density at radius 3 is 2.67 bits per heavy atom. The van der Waals surface area contributed by atoms with E-state index in [1.54, 1.807) is 0 Å². The van der Waals surface area contributed by atoms with E-state index in [-0.39, 0.29) is 18.4 Å². The first-order valence-corrected chi connectivity index (χ1v) is 7.63. The van der Waals surface area contributed by atoms with Gasteiger partial charge in [-0.15, -0.1) is 0 Å². The number of hydrogen-bond donors (Lipinski definition) is 3. The number of nitrogens with zero attached hydrogens (tertiary/aromatic N) is 1. The molecule has 0 radical (unpaired) electrons. The van der Waals surface area contributed by atoms with Gasteiger partial charge in [-0.1, -0.05) is 13.3 Å². The quantitative estimate of drug-likeness (QED) is 0.619. The Labute approximate surface area is 124 Å². The standard InChI is InChI=1S/C14H24N4O3/c1-2-10-3-5-14(6-4-10)12(20)18(13(21)17-14)9-11(19)16-8-7-15/h10H,2-9,15H2,1H3,(H,16,19)(H,17,21). The first kappa shape index (κ1) is 15.8. The second-order valence-electron chi connectivity index (χ2n) is 5.89. The molecular weight excluding hydrogens is 272 g/mol. The molecule has 1 aliphatic heterocycles. The summed E-state index contributed by atoms with van der Waals surface area (Å²) in [5, 5.41) is 5.38. The van der Waals surface area contributed by atoms with Crippen molar-refractivity contribution < 1.29 is 14.4 Å². The summed E-state index contributed by atoms with van der Waals surface area (Å²) in [4.78, 5) is 37.2. The number of nitrogens with one attached hydrogen (secondary N) is 2. The maximum atomic E-state index is 12.5. The van der Waals surface area contributed by atoms with Gasteiger partial charge in [-0.3, -0.25) is 14.5 Å². The van der Waals surface area contributed by atoms with Crippen LogP contribution in [0.5, 0.6) is 0 Å². The van der Waals surface area contributed by atoms with Crippen molar-refractivity contribution >= 4 is 17.8 Å². The SMILES string of the molecule is CCC1CCC2(CC1)NC(=O)N(CC(=O)NCCN)C2=O. The van der Waals surface area contributed by atoms with Crippen LogP contribution < -0.4 is 16.4 Å². The number of hydrogen-bond acceptors (Lipinski definition) is 4. The third kappa shape index (κ3) is 3.18. The average molecular weight is 296 g/mol. The predicted molar refractivity (Wildman–Crippen MR) is 77.3 cm³/mol. The molecule has 1 spiro atoms. The Kier molecular flexibility index (Phi) is 4.82. The van der Waals surface area contributed by atoms with E-state index >= 15 is 0 Å². The summed E-state index contributed by atoms with van der Waals surface area (Å²) in [5.74, 6) is 0.00965. The zero-order chi connectivity index (χ0) is 15.5. The van der Waals surface area contributed by atoms with Crippen LogP contribution in [-0.2, 0) is 9.59 Å². The molecule has 2 aliphatic rings. The molecule has 7 heteroatoms. The zero-order valence-electron chi connectivity index (χ0n) is 12.5. The minimum Gasteiger partial charge on any atom is -0.353 e. The molecule has 1 heterocycles. The molecule has 2 fully saturated rings. The summed E-state index contributed by atoms with van der Waals surface area (Å²) in [6.45, 7) is 2.58. The Morgan fingerprint density at radius 2 is 2.10 bits per heavy atom. The van der Waals surface area contributed by atoms with Gasteiger partial charge in [0.05, 0.1) is 0 Å². The molecule has 0 aromatic rings. The normalized spacial score (nSPS) is 28.9. The highest BCUT2D eigenvalue weighted by Gasteiger charge is 2.52. The van der Waals surface area contributed by atoms with E-state index in [9.17, 15) is 14.4 Å². The highest BCUT2D eigenvalue weighted by Crippen LogP contribution is 2.37. The Balaban J connectivity index is 1.98. The molecule has 1 saturated heterocycles. The van der Waals surface area contributed by atoms with Crippen molar-refractivity contribution in [1.82, 2.24) is 15.5 Å². The second-order valence-corrected chi connectivity index (χ2v) is 5.89. The minimum absolute atomic E-state index is 0.233. The summed E-state index contributed by atoms with van der Waals surface area (Å²) in [7, 11) is 0. The van der Waals surface area contributed by atoms with E-state index in [1.165, 1.54) is 0 Å². The summed E-state index contributed by atoms with van der Waals surface area (Å²) in [5.41, 5.74) is 4.52. The maximum Gasteiger partial charge on any atom is 0.325 e. The Hall–Kier alpha value is -1.63. The van der Waals surface area contributed by atoms with Gasteiger partial charge in [0.25, 0.3) is 5.91 Å². The number of urea groups is 1. The molecule has 118 valence electrons. The Morgan fingerprint density at radius 1 is 1.43 bits per heavy atom. The van der Waals surface area contributed by atoms with Gasteiger partial charge in [-0.05, 0) is 31.6 Å². The predicted octanol–water partition coefficient (Wildman–Crippen LogP) is -0.0479. The minimum atomic E-state index is -0.781. The molecule has 0 aromatic carbocycles. The Bertz CT molecular complexity index is 430.